The number of amides is 2. The van der Waals surface area contributed by atoms with Crippen molar-refractivity contribution in [2.45, 2.75) is 44.9 Å². The van der Waals surface area contributed by atoms with Crippen molar-refractivity contribution in [1.29, 1.82) is 0 Å². The summed E-state index contributed by atoms with van der Waals surface area (Å²) >= 11 is 0. The van der Waals surface area contributed by atoms with E-state index >= 15 is 0 Å². The molecule has 2 fully saturated rings. The molecule has 4 nitrogen and oxygen atoms in total. The first-order valence-corrected chi connectivity index (χ1v) is 9.62. The standard InChI is InChI=1S/C21H26N2O2/c24-20-15-18(21(25)23(20)16-9-3-1-4-10-16)17-11-5-6-12-19(17)22-13-7-2-8-14-22/h1,3-4,9-10,12,17-18H,2,5-8,11,13-15H2/t17-,18+/m0/s1. The summed E-state index contributed by atoms with van der Waals surface area (Å²) in [4.78, 5) is 29.6. The number of piperidine rings is 1. The Morgan fingerprint density at radius 3 is 2.40 bits per heavy atom. The van der Waals surface area contributed by atoms with Crippen molar-refractivity contribution < 1.29 is 9.59 Å². The maximum atomic E-state index is 13.1. The molecular formula is C21H26N2O2. The second-order valence-corrected chi connectivity index (χ2v) is 7.43. The number of likely N-dealkylation sites (tertiary alicyclic amines) is 1. The fraction of sp³-hybridized carbons (Fsp3) is 0.524. The Balaban J connectivity index is 1.58. The van der Waals surface area contributed by atoms with Crippen LogP contribution in [0.1, 0.15) is 44.9 Å². The summed E-state index contributed by atoms with van der Waals surface area (Å²) in [6, 6.07) is 9.36. The SMILES string of the molecule is O=C1C[C@H]([C@@H]2CCCC=C2N2CCCCC2)C(=O)N1c1ccccc1. The van der Waals surface area contributed by atoms with E-state index in [4.69, 9.17) is 0 Å². The first kappa shape index (κ1) is 16.4. The minimum absolute atomic E-state index is 0.00832. The molecule has 0 unspecified atom stereocenters. The molecule has 0 N–H and O–H groups in total. The van der Waals surface area contributed by atoms with Gasteiger partial charge in [-0.25, -0.2) is 0 Å². The van der Waals surface area contributed by atoms with Crippen LogP contribution in [0, 0.1) is 11.8 Å². The number of hydrogen-bond donors (Lipinski definition) is 0. The van der Waals surface area contributed by atoms with E-state index < -0.39 is 0 Å². The normalized spacial score (nSPS) is 27.6. The number of carbonyl (C=O) groups excluding carboxylic acids is 2. The molecule has 1 aliphatic carbocycles. The third-order valence-corrected chi connectivity index (χ3v) is 5.86. The van der Waals surface area contributed by atoms with E-state index in [0.717, 1.165) is 32.4 Å². The highest BCUT2D eigenvalue weighted by Gasteiger charge is 2.45. The number of para-hydroxylation sites is 1. The van der Waals surface area contributed by atoms with Crippen LogP contribution in [0.2, 0.25) is 0 Å². The zero-order chi connectivity index (χ0) is 17.2. The molecule has 0 aromatic heterocycles. The van der Waals surface area contributed by atoms with Crippen molar-refractivity contribution in [2.24, 2.45) is 11.8 Å². The summed E-state index contributed by atoms with van der Waals surface area (Å²) in [5, 5.41) is 0. The molecule has 1 aromatic carbocycles. The van der Waals surface area contributed by atoms with E-state index in [2.05, 4.69) is 11.0 Å². The molecule has 0 spiro atoms. The predicted octanol–water partition coefficient (Wildman–Crippen LogP) is 3.74. The monoisotopic (exact) mass is 338 g/mol. The number of rotatable bonds is 3. The Hall–Kier alpha value is -2.10. The van der Waals surface area contributed by atoms with Gasteiger partial charge in [0.05, 0.1) is 11.6 Å². The lowest BCUT2D eigenvalue weighted by Crippen LogP contribution is -2.38. The first-order chi connectivity index (χ1) is 12.3. The summed E-state index contributed by atoms with van der Waals surface area (Å²) in [6.45, 7) is 2.19. The van der Waals surface area contributed by atoms with Crippen molar-refractivity contribution >= 4 is 17.5 Å². The zero-order valence-corrected chi connectivity index (χ0v) is 14.7. The molecule has 4 rings (SSSR count). The lowest BCUT2D eigenvalue weighted by Gasteiger charge is -2.39. The topological polar surface area (TPSA) is 40.6 Å². The van der Waals surface area contributed by atoms with Crippen LogP contribution in [0.3, 0.4) is 0 Å². The predicted molar refractivity (Wildman–Crippen MR) is 97.9 cm³/mol. The highest BCUT2D eigenvalue weighted by molar-refractivity contribution is 6.21. The van der Waals surface area contributed by atoms with Crippen molar-refractivity contribution in [3.8, 4) is 0 Å². The molecule has 1 aromatic rings. The van der Waals surface area contributed by atoms with Gasteiger partial charge in [0.15, 0.2) is 0 Å². The lowest BCUT2D eigenvalue weighted by molar-refractivity contribution is -0.123. The van der Waals surface area contributed by atoms with Crippen molar-refractivity contribution in [3.63, 3.8) is 0 Å². The maximum Gasteiger partial charge on any atom is 0.238 e. The Morgan fingerprint density at radius 2 is 1.64 bits per heavy atom. The van der Waals surface area contributed by atoms with E-state index in [9.17, 15) is 9.59 Å². The van der Waals surface area contributed by atoms with E-state index in [1.54, 1.807) is 0 Å². The minimum atomic E-state index is -0.193. The number of allylic oxidation sites excluding steroid dienone is 2. The van der Waals surface area contributed by atoms with Crippen LogP contribution < -0.4 is 4.90 Å². The second kappa shape index (κ2) is 7.03. The Bertz CT molecular complexity index is 676. The van der Waals surface area contributed by atoms with Crippen LogP contribution >= 0.6 is 0 Å². The number of imide groups is 1. The van der Waals surface area contributed by atoms with Crippen LogP contribution in [-0.2, 0) is 9.59 Å². The van der Waals surface area contributed by atoms with E-state index in [1.165, 1.54) is 29.9 Å². The Labute approximate surface area is 149 Å². The van der Waals surface area contributed by atoms with E-state index in [0.29, 0.717) is 12.1 Å². The van der Waals surface area contributed by atoms with Gasteiger partial charge in [0.1, 0.15) is 0 Å². The fourth-order valence-electron chi connectivity index (χ4n) is 4.63. The summed E-state index contributed by atoms with van der Waals surface area (Å²) in [5.41, 5.74) is 2.05. The van der Waals surface area contributed by atoms with Gasteiger partial charge in [0, 0.05) is 31.1 Å². The summed E-state index contributed by atoms with van der Waals surface area (Å²) in [5.74, 6) is -0.0472. The first-order valence-electron chi connectivity index (χ1n) is 9.62. The molecule has 0 radical (unpaired) electrons. The quantitative estimate of drug-likeness (QED) is 0.789. The molecular weight excluding hydrogens is 312 g/mol. The van der Waals surface area contributed by atoms with Crippen LogP contribution in [0.5, 0.6) is 0 Å². The molecule has 25 heavy (non-hydrogen) atoms. The van der Waals surface area contributed by atoms with Gasteiger partial charge in [-0.15, -0.1) is 0 Å². The van der Waals surface area contributed by atoms with E-state index in [-0.39, 0.29) is 23.7 Å². The summed E-state index contributed by atoms with van der Waals surface area (Å²) < 4.78 is 0. The highest BCUT2D eigenvalue weighted by atomic mass is 16.2. The molecule has 2 atom stereocenters. The van der Waals surface area contributed by atoms with Gasteiger partial charge < -0.3 is 4.90 Å². The van der Waals surface area contributed by atoms with Crippen molar-refractivity contribution in [3.05, 3.63) is 42.1 Å². The summed E-state index contributed by atoms with van der Waals surface area (Å²) in [7, 11) is 0. The fourth-order valence-corrected chi connectivity index (χ4v) is 4.63. The molecule has 2 saturated heterocycles. The van der Waals surface area contributed by atoms with Crippen molar-refractivity contribution in [2.75, 3.05) is 18.0 Å². The molecule has 0 saturated carbocycles. The van der Waals surface area contributed by atoms with Crippen LogP contribution in [-0.4, -0.2) is 29.8 Å². The number of anilines is 1. The third kappa shape index (κ3) is 3.10. The molecule has 2 heterocycles. The third-order valence-electron chi connectivity index (χ3n) is 5.86. The number of nitrogens with zero attached hydrogens (tertiary/aromatic N) is 2. The van der Waals surface area contributed by atoms with Gasteiger partial charge in [-0.1, -0.05) is 24.3 Å². The van der Waals surface area contributed by atoms with Crippen molar-refractivity contribution in [1.82, 2.24) is 4.90 Å². The molecule has 2 aliphatic heterocycles. The van der Waals surface area contributed by atoms with Gasteiger partial charge in [0.2, 0.25) is 11.8 Å². The van der Waals surface area contributed by atoms with Crippen LogP contribution in [0.15, 0.2) is 42.1 Å². The smallest absolute Gasteiger partial charge is 0.238 e. The van der Waals surface area contributed by atoms with Gasteiger partial charge in [-0.3, -0.25) is 14.5 Å². The molecule has 132 valence electrons. The number of hydrogen-bond acceptors (Lipinski definition) is 3. The van der Waals surface area contributed by atoms with E-state index in [1.807, 2.05) is 30.3 Å². The second-order valence-electron chi connectivity index (χ2n) is 7.43. The molecule has 0 bridgehead atoms. The van der Waals surface area contributed by atoms with Gasteiger partial charge in [-0.05, 0) is 50.7 Å². The average Bonchev–Trinajstić information content (AvgIpc) is 2.97. The van der Waals surface area contributed by atoms with Crippen LogP contribution in [0.4, 0.5) is 5.69 Å². The van der Waals surface area contributed by atoms with Gasteiger partial charge in [0.25, 0.3) is 0 Å². The van der Waals surface area contributed by atoms with Gasteiger partial charge in [-0.2, -0.15) is 0 Å². The lowest BCUT2D eigenvalue weighted by atomic mass is 9.80. The highest BCUT2D eigenvalue weighted by Crippen LogP contribution is 2.40. The number of benzene rings is 1. The maximum absolute atomic E-state index is 13.1. The minimum Gasteiger partial charge on any atom is -0.375 e. The molecule has 4 heteroatoms. The average molecular weight is 338 g/mol. The number of carbonyl (C=O) groups is 2. The molecule has 2 amide bonds. The Kier molecular flexibility index (Phi) is 4.60. The zero-order valence-electron chi connectivity index (χ0n) is 14.7. The Morgan fingerprint density at radius 1 is 0.880 bits per heavy atom. The largest absolute Gasteiger partial charge is 0.375 e. The van der Waals surface area contributed by atoms with Crippen LogP contribution in [0.25, 0.3) is 0 Å². The summed E-state index contributed by atoms with van der Waals surface area (Å²) in [6.07, 6.45) is 9.69. The van der Waals surface area contributed by atoms with Gasteiger partial charge >= 0.3 is 0 Å². The molecule has 3 aliphatic rings.